The molecule has 2 aromatic heterocycles. The lowest BCUT2D eigenvalue weighted by Crippen LogP contribution is -2.42. The minimum absolute atomic E-state index is 0.0390. The molecule has 1 aliphatic rings. The van der Waals surface area contributed by atoms with Crippen LogP contribution in [0, 0.1) is 5.92 Å². The number of anilines is 1. The van der Waals surface area contributed by atoms with Gasteiger partial charge in [0.25, 0.3) is 5.91 Å². The van der Waals surface area contributed by atoms with E-state index < -0.39 is 18.5 Å². The van der Waals surface area contributed by atoms with Gasteiger partial charge in [-0.3, -0.25) is 14.4 Å². The van der Waals surface area contributed by atoms with Crippen LogP contribution in [0.4, 0.5) is 5.00 Å². The lowest BCUT2D eigenvalue weighted by atomic mass is 10.4. The van der Waals surface area contributed by atoms with Crippen molar-refractivity contribution in [2.75, 3.05) is 25.0 Å². The van der Waals surface area contributed by atoms with Crippen molar-refractivity contribution in [2.24, 2.45) is 5.92 Å². The molecule has 2 heterocycles. The van der Waals surface area contributed by atoms with Crippen LogP contribution in [0.5, 0.6) is 0 Å². The normalized spacial score (nSPS) is 12.8. The second kappa shape index (κ2) is 10.4. The summed E-state index contributed by atoms with van der Waals surface area (Å²) in [5, 5.41) is 8.03. The maximum absolute atomic E-state index is 12.3. The SMILES string of the molecule is CCN(CC(=O)NCc1cccs1)C(=O)COC(=O)c1ccc(NC(=O)C2CC2)s1. The first-order valence-electron chi connectivity index (χ1n) is 9.61. The molecule has 3 rings (SSSR count). The van der Waals surface area contributed by atoms with Gasteiger partial charge in [-0.2, -0.15) is 0 Å². The standard InChI is InChI=1S/C20H23N3O5S2/c1-2-23(11-16(24)21-10-14-4-3-9-29-14)18(25)12-28-20(27)15-7-8-17(30-15)22-19(26)13-5-6-13/h3-4,7-9,13H,2,5-6,10-12H2,1H3,(H,21,24)(H,22,26). The van der Waals surface area contributed by atoms with E-state index in [0.29, 0.717) is 23.0 Å². The molecule has 0 aromatic carbocycles. The van der Waals surface area contributed by atoms with E-state index in [0.717, 1.165) is 29.1 Å². The van der Waals surface area contributed by atoms with Crippen molar-refractivity contribution in [2.45, 2.75) is 26.3 Å². The Bertz CT molecular complexity index is 905. The molecule has 160 valence electrons. The molecule has 2 N–H and O–H groups in total. The van der Waals surface area contributed by atoms with Crippen LogP contribution >= 0.6 is 22.7 Å². The first-order valence-corrected chi connectivity index (χ1v) is 11.3. The molecule has 0 spiro atoms. The Kier molecular flexibility index (Phi) is 7.58. The molecule has 3 amide bonds. The van der Waals surface area contributed by atoms with Crippen LogP contribution < -0.4 is 10.6 Å². The maximum Gasteiger partial charge on any atom is 0.348 e. The molecule has 0 unspecified atom stereocenters. The highest BCUT2D eigenvalue weighted by Gasteiger charge is 2.30. The fraction of sp³-hybridized carbons (Fsp3) is 0.400. The van der Waals surface area contributed by atoms with Gasteiger partial charge in [-0.15, -0.1) is 22.7 Å². The zero-order valence-electron chi connectivity index (χ0n) is 16.5. The molecule has 1 saturated carbocycles. The Morgan fingerprint density at radius 2 is 2.00 bits per heavy atom. The average molecular weight is 450 g/mol. The number of carbonyl (C=O) groups excluding carboxylic acids is 4. The number of esters is 1. The van der Waals surface area contributed by atoms with Crippen molar-refractivity contribution in [1.29, 1.82) is 0 Å². The zero-order valence-corrected chi connectivity index (χ0v) is 18.1. The molecule has 10 heteroatoms. The molecule has 0 saturated heterocycles. The minimum atomic E-state index is -0.640. The van der Waals surface area contributed by atoms with Crippen molar-refractivity contribution >= 4 is 51.4 Å². The fourth-order valence-corrected chi connectivity index (χ4v) is 4.03. The first-order chi connectivity index (χ1) is 14.5. The van der Waals surface area contributed by atoms with E-state index >= 15 is 0 Å². The molecule has 2 aromatic rings. The smallest absolute Gasteiger partial charge is 0.348 e. The molecule has 0 aliphatic heterocycles. The Morgan fingerprint density at radius 3 is 2.67 bits per heavy atom. The summed E-state index contributed by atoms with van der Waals surface area (Å²) in [6, 6.07) is 7.01. The van der Waals surface area contributed by atoms with E-state index in [1.165, 1.54) is 16.2 Å². The largest absolute Gasteiger partial charge is 0.451 e. The summed E-state index contributed by atoms with van der Waals surface area (Å²) in [4.78, 5) is 51.0. The van der Waals surface area contributed by atoms with E-state index in [4.69, 9.17) is 4.74 Å². The van der Waals surface area contributed by atoms with Crippen molar-refractivity contribution in [3.05, 3.63) is 39.4 Å². The fourth-order valence-electron chi connectivity index (χ4n) is 2.58. The van der Waals surface area contributed by atoms with Gasteiger partial charge >= 0.3 is 5.97 Å². The van der Waals surface area contributed by atoms with Gasteiger partial charge in [-0.1, -0.05) is 6.07 Å². The highest BCUT2D eigenvalue weighted by atomic mass is 32.1. The number of amides is 3. The van der Waals surface area contributed by atoms with E-state index in [1.54, 1.807) is 19.1 Å². The van der Waals surface area contributed by atoms with Crippen LogP contribution in [-0.2, 0) is 25.7 Å². The van der Waals surface area contributed by atoms with Crippen LogP contribution in [0.15, 0.2) is 29.6 Å². The summed E-state index contributed by atoms with van der Waals surface area (Å²) in [5.41, 5.74) is 0. The highest BCUT2D eigenvalue weighted by molar-refractivity contribution is 7.18. The van der Waals surface area contributed by atoms with Crippen LogP contribution in [-0.4, -0.2) is 48.3 Å². The third-order valence-electron chi connectivity index (χ3n) is 4.44. The van der Waals surface area contributed by atoms with Gasteiger partial charge < -0.3 is 20.3 Å². The molecule has 1 fully saturated rings. The van der Waals surface area contributed by atoms with Crippen molar-refractivity contribution in [3.8, 4) is 0 Å². The molecule has 30 heavy (non-hydrogen) atoms. The van der Waals surface area contributed by atoms with E-state index in [-0.39, 0.29) is 24.3 Å². The maximum atomic E-state index is 12.3. The summed E-state index contributed by atoms with van der Waals surface area (Å²) in [6.07, 6.45) is 1.79. The summed E-state index contributed by atoms with van der Waals surface area (Å²) in [5.74, 6) is -1.33. The Labute approximate surface area is 182 Å². The number of likely N-dealkylation sites (N-methyl/N-ethyl adjacent to an activating group) is 1. The van der Waals surface area contributed by atoms with Gasteiger partial charge in [-0.05, 0) is 43.3 Å². The van der Waals surface area contributed by atoms with Gasteiger partial charge in [0.1, 0.15) is 4.88 Å². The van der Waals surface area contributed by atoms with E-state index in [9.17, 15) is 19.2 Å². The van der Waals surface area contributed by atoms with Crippen LogP contribution in [0.3, 0.4) is 0 Å². The second-order valence-electron chi connectivity index (χ2n) is 6.77. The van der Waals surface area contributed by atoms with Gasteiger partial charge in [0.05, 0.1) is 18.1 Å². The number of carbonyl (C=O) groups is 4. The molecular formula is C20H23N3O5S2. The Hall–Kier alpha value is -2.72. The first kappa shape index (κ1) is 22.0. The number of thiophene rings is 2. The number of ether oxygens (including phenoxy) is 1. The lowest BCUT2D eigenvalue weighted by Gasteiger charge is -2.20. The molecule has 1 aliphatic carbocycles. The number of hydrogen-bond donors (Lipinski definition) is 2. The van der Waals surface area contributed by atoms with E-state index in [1.807, 2.05) is 17.5 Å². The second-order valence-corrected chi connectivity index (χ2v) is 8.88. The molecule has 0 radical (unpaired) electrons. The number of hydrogen-bond acceptors (Lipinski definition) is 7. The number of nitrogens with zero attached hydrogens (tertiary/aromatic N) is 1. The van der Waals surface area contributed by atoms with Crippen LogP contribution in [0.1, 0.15) is 34.3 Å². The summed E-state index contributed by atoms with van der Waals surface area (Å²) in [6.45, 7) is 1.93. The van der Waals surface area contributed by atoms with Gasteiger partial charge in [0, 0.05) is 17.3 Å². The van der Waals surface area contributed by atoms with Gasteiger partial charge in [0.2, 0.25) is 11.8 Å². The predicted octanol–water partition coefficient (Wildman–Crippen LogP) is 2.48. The predicted molar refractivity (Wildman–Crippen MR) is 114 cm³/mol. The van der Waals surface area contributed by atoms with Gasteiger partial charge in [0.15, 0.2) is 6.61 Å². The Morgan fingerprint density at radius 1 is 1.20 bits per heavy atom. The van der Waals surface area contributed by atoms with E-state index in [2.05, 4.69) is 10.6 Å². The number of rotatable bonds is 10. The third-order valence-corrected chi connectivity index (χ3v) is 6.29. The van der Waals surface area contributed by atoms with Crippen molar-refractivity contribution in [1.82, 2.24) is 10.2 Å². The lowest BCUT2D eigenvalue weighted by molar-refractivity contribution is -0.138. The quantitative estimate of drug-likeness (QED) is 0.542. The summed E-state index contributed by atoms with van der Waals surface area (Å²) >= 11 is 2.64. The molecule has 0 atom stereocenters. The summed E-state index contributed by atoms with van der Waals surface area (Å²) < 4.78 is 5.09. The topological polar surface area (TPSA) is 105 Å². The third kappa shape index (κ3) is 6.39. The summed E-state index contributed by atoms with van der Waals surface area (Å²) in [7, 11) is 0. The monoisotopic (exact) mass is 449 g/mol. The molecule has 8 nitrogen and oxygen atoms in total. The number of nitrogens with one attached hydrogen (secondary N) is 2. The minimum Gasteiger partial charge on any atom is -0.451 e. The van der Waals surface area contributed by atoms with Gasteiger partial charge in [-0.25, -0.2) is 4.79 Å². The molecule has 0 bridgehead atoms. The van der Waals surface area contributed by atoms with Crippen molar-refractivity contribution in [3.63, 3.8) is 0 Å². The molecular weight excluding hydrogens is 426 g/mol. The zero-order chi connectivity index (χ0) is 21.5. The average Bonchev–Trinajstić information content (AvgIpc) is 3.26. The van der Waals surface area contributed by atoms with Crippen LogP contribution in [0.25, 0.3) is 0 Å². The van der Waals surface area contributed by atoms with Crippen LogP contribution in [0.2, 0.25) is 0 Å². The Balaban J connectivity index is 1.42. The highest BCUT2D eigenvalue weighted by Crippen LogP contribution is 2.31. The van der Waals surface area contributed by atoms with Crippen molar-refractivity contribution < 1.29 is 23.9 Å².